The van der Waals surface area contributed by atoms with Crippen LogP contribution in [0, 0.1) is 6.07 Å². The van der Waals surface area contributed by atoms with Gasteiger partial charge in [0.15, 0.2) is 0 Å². The molecule has 0 fully saturated rings. The molecule has 0 aromatic heterocycles. The molecule has 3 nitrogen and oxygen atoms in total. The van der Waals surface area contributed by atoms with Gasteiger partial charge in [0.25, 0.3) is 0 Å². The molecule has 0 bridgehead atoms. The van der Waals surface area contributed by atoms with E-state index in [9.17, 15) is 4.79 Å². The second-order valence-electron chi connectivity index (χ2n) is 2.88. The number of rotatable bonds is 3. The van der Waals surface area contributed by atoms with E-state index in [0.29, 0.717) is 5.69 Å². The van der Waals surface area contributed by atoms with Crippen LogP contribution >= 0.6 is 0 Å². The highest BCUT2D eigenvalue weighted by molar-refractivity contribution is 5.89. The van der Waals surface area contributed by atoms with Crippen LogP contribution in [0.15, 0.2) is 24.3 Å². The summed E-state index contributed by atoms with van der Waals surface area (Å²) in [6.45, 7) is 5.35. The van der Waals surface area contributed by atoms with Crippen molar-refractivity contribution in [1.29, 1.82) is 0 Å². The van der Waals surface area contributed by atoms with Crippen molar-refractivity contribution >= 4 is 11.7 Å². The zero-order valence-electron chi connectivity index (χ0n) is 8.58. The van der Waals surface area contributed by atoms with Gasteiger partial charge in [0.2, 0.25) is 0 Å². The molecule has 0 heterocycles. The van der Waals surface area contributed by atoms with Crippen LogP contribution in [-0.4, -0.2) is 24.0 Å². The average Bonchev–Trinajstić information content (AvgIpc) is 2.21. The second kappa shape index (κ2) is 5.27. The summed E-state index contributed by atoms with van der Waals surface area (Å²) in [4.78, 5) is 13.3. The molecule has 14 heavy (non-hydrogen) atoms. The van der Waals surface area contributed by atoms with Crippen LogP contribution in [-0.2, 0) is 0 Å². The van der Waals surface area contributed by atoms with E-state index < -0.39 is 0 Å². The van der Waals surface area contributed by atoms with Gasteiger partial charge in [-0.15, -0.1) is 0 Å². The SMILES string of the molecule is CCN(CC)C(=O)Nc1[c]cccc1. The molecule has 0 spiro atoms. The highest BCUT2D eigenvalue weighted by atomic mass is 16.2. The molecule has 0 aliphatic heterocycles. The van der Waals surface area contributed by atoms with Crippen LogP contribution in [0.25, 0.3) is 0 Å². The highest BCUT2D eigenvalue weighted by Crippen LogP contribution is 2.05. The Kier molecular flexibility index (Phi) is 3.98. The first-order valence-corrected chi connectivity index (χ1v) is 4.80. The molecular weight excluding hydrogens is 176 g/mol. The van der Waals surface area contributed by atoms with E-state index in [4.69, 9.17) is 0 Å². The lowest BCUT2D eigenvalue weighted by molar-refractivity contribution is 0.217. The van der Waals surface area contributed by atoms with Crippen LogP contribution in [0.3, 0.4) is 0 Å². The summed E-state index contributed by atoms with van der Waals surface area (Å²) < 4.78 is 0. The molecule has 3 heteroatoms. The first kappa shape index (κ1) is 10.6. The van der Waals surface area contributed by atoms with Gasteiger partial charge in [0.1, 0.15) is 0 Å². The van der Waals surface area contributed by atoms with Gasteiger partial charge in [-0.2, -0.15) is 0 Å². The summed E-state index contributed by atoms with van der Waals surface area (Å²) >= 11 is 0. The molecule has 0 atom stereocenters. The van der Waals surface area contributed by atoms with Crippen molar-refractivity contribution in [1.82, 2.24) is 4.90 Å². The van der Waals surface area contributed by atoms with Crippen LogP contribution in [0.5, 0.6) is 0 Å². The summed E-state index contributed by atoms with van der Waals surface area (Å²) in [5.41, 5.74) is 0.712. The molecule has 75 valence electrons. The number of hydrogen-bond donors (Lipinski definition) is 1. The number of nitrogens with one attached hydrogen (secondary N) is 1. The third kappa shape index (κ3) is 2.76. The lowest BCUT2D eigenvalue weighted by atomic mass is 10.3. The van der Waals surface area contributed by atoms with Gasteiger partial charge >= 0.3 is 6.03 Å². The molecule has 1 N–H and O–H groups in total. The normalized spacial score (nSPS) is 9.57. The molecular formula is C11H15N2O. The molecule has 2 amide bonds. The fourth-order valence-corrected chi connectivity index (χ4v) is 1.18. The molecule has 0 saturated heterocycles. The standard InChI is InChI=1S/C11H15N2O/c1-3-13(4-2)11(14)12-10-8-6-5-7-9-10/h5-8H,3-4H2,1-2H3,(H,12,14). The van der Waals surface area contributed by atoms with Crippen LogP contribution in [0.2, 0.25) is 0 Å². The molecule has 1 aromatic rings. The number of anilines is 1. The van der Waals surface area contributed by atoms with Crippen molar-refractivity contribution in [3.63, 3.8) is 0 Å². The number of nitrogens with zero attached hydrogens (tertiary/aromatic N) is 1. The minimum atomic E-state index is -0.0718. The minimum Gasteiger partial charge on any atom is -0.325 e. The van der Waals surface area contributed by atoms with Gasteiger partial charge in [-0.1, -0.05) is 18.2 Å². The molecule has 1 radical (unpaired) electrons. The summed E-state index contributed by atoms with van der Waals surface area (Å²) in [5, 5.41) is 2.78. The van der Waals surface area contributed by atoms with Crippen molar-refractivity contribution < 1.29 is 4.79 Å². The lowest BCUT2D eigenvalue weighted by Gasteiger charge is -2.18. The maximum atomic E-state index is 11.6. The minimum absolute atomic E-state index is 0.0718. The van der Waals surface area contributed by atoms with Gasteiger partial charge < -0.3 is 10.2 Å². The molecule has 1 aromatic carbocycles. The van der Waals surface area contributed by atoms with Gasteiger partial charge in [0, 0.05) is 19.2 Å². The van der Waals surface area contributed by atoms with Gasteiger partial charge in [-0.05, 0) is 19.9 Å². The van der Waals surface area contributed by atoms with Crippen molar-refractivity contribution in [2.75, 3.05) is 18.4 Å². The van der Waals surface area contributed by atoms with Gasteiger partial charge in [-0.25, -0.2) is 4.79 Å². The Bertz CT molecular complexity index is 281. The van der Waals surface area contributed by atoms with Crippen molar-refractivity contribution in [2.24, 2.45) is 0 Å². The van der Waals surface area contributed by atoms with E-state index in [1.54, 1.807) is 11.0 Å². The monoisotopic (exact) mass is 191 g/mol. The topological polar surface area (TPSA) is 32.3 Å². The molecule has 0 saturated carbocycles. The third-order valence-electron chi connectivity index (χ3n) is 2.00. The quantitative estimate of drug-likeness (QED) is 0.781. The van der Waals surface area contributed by atoms with Crippen molar-refractivity contribution in [2.45, 2.75) is 13.8 Å². The molecule has 0 aliphatic carbocycles. The zero-order chi connectivity index (χ0) is 10.4. The number of hydrogen-bond acceptors (Lipinski definition) is 1. The lowest BCUT2D eigenvalue weighted by Crippen LogP contribution is -2.34. The summed E-state index contributed by atoms with van der Waals surface area (Å²) in [6.07, 6.45) is 0. The third-order valence-corrected chi connectivity index (χ3v) is 2.00. The second-order valence-corrected chi connectivity index (χ2v) is 2.88. The molecule has 0 aliphatic rings. The van der Waals surface area contributed by atoms with E-state index in [2.05, 4.69) is 11.4 Å². The number of carbonyl (C=O) groups excluding carboxylic acids is 1. The van der Waals surface area contributed by atoms with E-state index in [1.807, 2.05) is 32.0 Å². The Balaban J connectivity index is 2.57. The van der Waals surface area contributed by atoms with E-state index in [1.165, 1.54) is 0 Å². The summed E-state index contributed by atoms with van der Waals surface area (Å²) in [7, 11) is 0. The Labute approximate surface area is 84.7 Å². The van der Waals surface area contributed by atoms with E-state index >= 15 is 0 Å². The van der Waals surface area contributed by atoms with Gasteiger partial charge in [-0.3, -0.25) is 0 Å². The number of amides is 2. The van der Waals surface area contributed by atoms with Crippen LogP contribution in [0.1, 0.15) is 13.8 Å². The predicted octanol–water partition coefficient (Wildman–Crippen LogP) is 2.36. The molecule has 1 rings (SSSR count). The highest BCUT2D eigenvalue weighted by Gasteiger charge is 2.08. The maximum Gasteiger partial charge on any atom is 0.321 e. The Morgan fingerprint density at radius 2 is 2.14 bits per heavy atom. The fourth-order valence-electron chi connectivity index (χ4n) is 1.18. The number of urea groups is 1. The van der Waals surface area contributed by atoms with Crippen LogP contribution in [0.4, 0.5) is 10.5 Å². The average molecular weight is 191 g/mol. The van der Waals surface area contributed by atoms with E-state index in [0.717, 1.165) is 13.1 Å². The largest absolute Gasteiger partial charge is 0.325 e. The van der Waals surface area contributed by atoms with Crippen LogP contribution < -0.4 is 5.32 Å². The first-order valence-electron chi connectivity index (χ1n) is 4.80. The Morgan fingerprint density at radius 3 is 2.64 bits per heavy atom. The Hall–Kier alpha value is -1.51. The van der Waals surface area contributed by atoms with E-state index in [-0.39, 0.29) is 6.03 Å². The van der Waals surface area contributed by atoms with Gasteiger partial charge in [0.05, 0.1) is 5.69 Å². The fraction of sp³-hybridized carbons (Fsp3) is 0.364. The number of carbonyl (C=O) groups is 1. The van der Waals surface area contributed by atoms with Crippen molar-refractivity contribution in [3.05, 3.63) is 30.3 Å². The number of benzene rings is 1. The predicted molar refractivity (Wildman–Crippen MR) is 57.2 cm³/mol. The maximum absolute atomic E-state index is 11.6. The first-order chi connectivity index (χ1) is 6.77. The Morgan fingerprint density at radius 1 is 1.43 bits per heavy atom. The smallest absolute Gasteiger partial charge is 0.321 e. The zero-order valence-corrected chi connectivity index (χ0v) is 8.58. The number of para-hydroxylation sites is 1. The summed E-state index contributed by atoms with van der Waals surface area (Å²) in [5.74, 6) is 0. The molecule has 0 unspecified atom stereocenters. The van der Waals surface area contributed by atoms with Crippen molar-refractivity contribution in [3.8, 4) is 0 Å². The summed E-state index contributed by atoms with van der Waals surface area (Å²) in [6, 6.07) is 10.2.